The normalized spacial score (nSPS) is 21.1. The van der Waals surface area contributed by atoms with Crippen LogP contribution in [-0.2, 0) is 4.79 Å². The average Bonchev–Trinajstić information content (AvgIpc) is 2.85. The largest absolute Gasteiger partial charge is 0.493 e. The molecule has 0 aliphatic carbocycles. The van der Waals surface area contributed by atoms with Gasteiger partial charge in [0.05, 0.1) is 16.7 Å². The molecule has 9 heteroatoms. The fourth-order valence-electron chi connectivity index (χ4n) is 4.76. The molecule has 2 fully saturated rings. The summed E-state index contributed by atoms with van der Waals surface area (Å²) in [5, 5.41) is 1.39. The van der Waals surface area contributed by atoms with Crippen LogP contribution in [0.3, 0.4) is 0 Å². The predicted octanol–water partition coefficient (Wildman–Crippen LogP) is 5.11. The average molecular weight is 539 g/mol. The van der Waals surface area contributed by atoms with Crippen LogP contribution < -0.4 is 4.74 Å². The number of piperazine rings is 1. The molecule has 6 nitrogen and oxygen atoms in total. The summed E-state index contributed by atoms with van der Waals surface area (Å²) in [6.07, 6.45) is 1.91. The molecule has 188 valence electrons. The summed E-state index contributed by atoms with van der Waals surface area (Å²) in [6.45, 7) is 4.54. The molecular weight excluding hydrogens is 509 g/mol. The number of ether oxygens (including phenoxy) is 1. The second-order valence-electron chi connectivity index (χ2n) is 9.56. The van der Waals surface area contributed by atoms with E-state index >= 15 is 0 Å². The van der Waals surface area contributed by atoms with Gasteiger partial charge < -0.3 is 19.4 Å². The summed E-state index contributed by atoms with van der Waals surface area (Å²) in [6, 6.07) is 12.1. The van der Waals surface area contributed by atoms with E-state index < -0.39 is 5.41 Å². The Hall–Kier alpha value is -1.99. The van der Waals surface area contributed by atoms with Crippen LogP contribution in [-0.4, -0.2) is 79.4 Å². The van der Waals surface area contributed by atoms with E-state index in [1.807, 2.05) is 21.9 Å². The van der Waals surface area contributed by atoms with Gasteiger partial charge in [0.15, 0.2) is 0 Å². The third-order valence-electron chi connectivity index (χ3n) is 6.86. The minimum atomic E-state index is -0.496. The highest BCUT2D eigenvalue weighted by Crippen LogP contribution is 2.36. The number of hydrogen-bond donors (Lipinski definition) is 0. The van der Waals surface area contributed by atoms with Crippen molar-refractivity contribution in [1.29, 1.82) is 0 Å². The highest BCUT2D eigenvalue weighted by molar-refractivity contribution is 6.42. The Labute approximate surface area is 221 Å². The van der Waals surface area contributed by atoms with Crippen LogP contribution in [0, 0.1) is 5.41 Å². The molecule has 0 aromatic heterocycles. The molecule has 2 heterocycles. The minimum Gasteiger partial charge on any atom is -0.493 e. The molecule has 0 saturated carbocycles. The van der Waals surface area contributed by atoms with Gasteiger partial charge in [-0.2, -0.15) is 0 Å². The molecule has 2 saturated heterocycles. The molecule has 1 atom stereocenters. The minimum absolute atomic E-state index is 0.113. The first-order chi connectivity index (χ1) is 16.7. The number of rotatable bonds is 6. The highest BCUT2D eigenvalue weighted by atomic mass is 35.5. The van der Waals surface area contributed by atoms with Crippen molar-refractivity contribution in [2.45, 2.75) is 19.3 Å². The Kier molecular flexibility index (Phi) is 8.48. The molecule has 4 rings (SSSR count). The fraction of sp³-hybridized carbons (Fsp3) is 0.462. The number of halogens is 3. The van der Waals surface area contributed by atoms with Crippen LogP contribution in [0.4, 0.5) is 0 Å². The smallest absolute Gasteiger partial charge is 0.253 e. The lowest BCUT2D eigenvalue weighted by atomic mass is 9.77. The van der Waals surface area contributed by atoms with E-state index in [9.17, 15) is 9.59 Å². The second kappa shape index (κ2) is 11.4. The zero-order chi connectivity index (χ0) is 25.0. The van der Waals surface area contributed by atoms with E-state index in [1.165, 1.54) is 0 Å². The van der Waals surface area contributed by atoms with Gasteiger partial charge in [-0.15, -0.1) is 0 Å². The molecule has 0 unspecified atom stereocenters. The molecule has 2 aromatic rings. The summed E-state index contributed by atoms with van der Waals surface area (Å²) in [4.78, 5) is 32.7. The summed E-state index contributed by atoms with van der Waals surface area (Å²) in [7, 11) is 2.07. The van der Waals surface area contributed by atoms with Gasteiger partial charge in [0.2, 0.25) is 5.91 Å². The van der Waals surface area contributed by atoms with Gasteiger partial charge in [0, 0.05) is 61.7 Å². The summed E-state index contributed by atoms with van der Waals surface area (Å²) < 4.78 is 6.16. The molecule has 0 N–H and O–H groups in total. The number of piperidine rings is 1. The molecule has 0 bridgehead atoms. The van der Waals surface area contributed by atoms with Gasteiger partial charge in [-0.25, -0.2) is 0 Å². The van der Waals surface area contributed by atoms with Crippen LogP contribution in [0.1, 0.15) is 29.6 Å². The quantitative estimate of drug-likeness (QED) is 0.513. The van der Waals surface area contributed by atoms with Crippen LogP contribution in [0.25, 0.3) is 0 Å². The summed E-state index contributed by atoms with van der Waals surface area (Å²) in [5.74, 6) is 0.682. The first-order valence-electron chi connectivity index (χ1n) is 11.8. The Morgan fingerprint density at radius 1 is 0.914 bits per heavy atom. The molecule has 0 spiro atoms. The first-order valence-corrected chi connectivity index (χ1v) is 13.0. The van der Waals surface area contributed by atoms with Crippen molar-refractivity contribution in [2.24, 2.45) is 5.41 Å². The molecule has 2 aliphatic heterocycles. The predicted molar refractivity (Wildman–Crippen MR) is 140 cm³/mol. The Balaban J connectivity index is 1.53. The standard InChI is InChI=1S/C26H30Cl3N3O3/c1-30-11-13-31(14-12-30)24(33)16-26(18-35-21-6-4-20(27)5-7-21)9-2-10-32(17-26)25(34)19-3-8-22(28)23(29)15-19/h3-8,15H,2,9-14,16-18H2,1H3/t26-/m1/s1. The van der Waals surface area contributed by atoms with Gasteiger partial charge in [-0.05, 0) is 62.4 Å². The van der Waals surface area contributed by atoms with Gasteiger partial charge >= 0.3 is 0 Å². The number of nitrogens with zero attached hydrogens (tertiary/aromatic N) is 3. The van der Waals surface area contributed by atoms with Gasteiger partial charge in [0.1, 0.15) is 5.75 Å². The molecule has 2 aliphatic rings. The van der Waals surface area contributed by atoms with E-state index in [0.29, 0.717) is 52.5 Å². The van der Waals surface area contributed by atoms with Crippen molar-refractivity contribution < 1.29 is 14.3 Å². The third kappa shape index (κ3) is 6.62. The number of likely N-dealkylation sites (N-methyl/N-ethyl adjacent to an activating group) is 1. The maximum Gasteiger partial charge on any atom is 0.253 e. The first kappa shape index (κ1) is 26.1. The van der Waals surface area contributed by atoms with E-state index in [0.717, 1.165) is 39.0 Å². The molecule has 2 amide bonds. The third-order valence-corrected chi connectivity index (χ3v) is 7.85. The second-order valence-corrected chi connectivity index (χ2v) is 10.8. The van der Waals surface area contributed by atoms with Gasteiger partial charge in [-0.3, -0.25) is 9.59 Å². The molecule has 35 heavy (non-hydrogen) atoms. The van der Waals surface area contributed by atoms with Crippen molar-refractivity contribution >= 4 is 46.6 Å². The lowest BCUT2D eigenvalue weighted by molar-refractivity contribution is -0.137. The number of carbonyl (C=O) groups excluding carboxylic acids is 2. The highest BCUT2D eigenvalue weighted by Gasteiger charge is 2.41. The molecular formula is C26H30Cl3N3O3. The summed E-state index contributed by atoms with van der Waals surface area (Å²) >= 11 is 18.2. The topological polar surface area (TPSA) is 53.1 Å². The maximum absolute atomic E-state index is 13.4. The van der Waals surface area contributed by atoms with Crippen molar-refractivity contribution in [1.82, 2.24) is 14.7 Å². The zero-order valence-corrected chi connectivity index (χ0v) is 22.1. The van der Waals surface area contributed by atoms with E-state index in [2.05, 4.69) is 11.9 Å². The number of hydrogen-bond acceptors (Lipinski definition) is 4. The number of amides is 2. The number of carbonyl (C=O) groups is 2. The van der Waals surface area contributed by atoms with Crippen LogP contribution in [0.5, 0.6) is 5.75 Å². The number of likely N-dealkylation sites (tertiary alicyclic amines) is 1. The Bertz CT molecular complexity index is 1060. The van der Waals surface area contributed by atoms with E-state index in [4.69, 9.17) is 39.5 Å². The molecule has 2 aromatic carbocycles. The number of benzene rings is 2. The lowest BCUT2D eigenvalue weighted by Crippen LogP contribution is -2.53. The fourth-order valence-corrected chi connectivity index (χ4v) is 5.19. The van der Waals surface area contributed by atoms with Crippen molar-refractivity contribution in [3.8, 4) is 5.75 Å². The van der Waals surface area contributed by atoms with Crippen LogP contribution in [0.2, 0.25) is 15.1 Å². The maximum atomic E-state index is 13.4. The van der Waals surface area contributed by atoms with Crippen LogP contribution >= 0.6 is 34.8 Å². The van der Waals surface area contributed by atoms with Crippen LogP contribution in [0.15, 0.2) is 42.5 Å². The lowest BCUT2D eigenvalue weighted by Gasteiger charge is -2.43. The Morgan fingerprint density at radius 3 is 2.31 bits per heavy atom. The molecule has 0 radical (unpaired) electrons. The summed E-state index contributed by atoms with van der Waals surface area (Å²) in [5.41, 5.74) is -0.0105. The zero-order valence-electron chi connectivity index (χ0n) is 19.8. The van der Waals surface area contributed by atoms with Crippen molar-refractivity contribution in [2.75, 3.05) is 52.9 Å². The van der Waals surface area contributed by atoms with Crippen molar-refractivity contribution in [3.05, 3.63) is 63.1 Å². The van der Waals surface area contributed by atoms with Gasteiger partial charge in [0.25, 0.3) is 5.91 Å². The SMILES string of the molecule is CN1CCN(C(=O)C[C@]2(COc3ccc(Cl)cc3)CCCN(C(=O)c3ccc(Cl)c(Cl)c3)C2)CC1. The van der Waals surface area contributed by atoms with Crippen molar-refractivity contribution in [3.63, 3.8) is 0 Å². The monoisotopic (exact) mass is 537 g/mol. The Morgan fingerprint density at radius 2 is 1.63 bits per heavy atom. The van der Waals surface area contributed by atoms with E-state index in [-0.39, 0.29) is 11.8 Å². The van der Waals surface area contributed by atoms with E-state index in [1.54, 1.807) is 30.3 Å². The van der Waals surface area contributed by atoms with Gasteiger partial charge in [-0.1, -0.05) is 34.8 Å².